The van der Waals surface area contributed by atoms with Crippen LogP contribution in [0, 0.1) is 0 Å². The van der Waals surface area contributed by atoms with Crippen molar-refractivity contribution in [1.29, 1.82) is 0 Å². The monoisotopic (exact) mass is 798 g/mol. The summed E-state index contributed by atoms with van der Waals surface area (Å²) >= 11 is 0. The van der Waals surface area contributed by atoms with E-state index in [1.807, 2.05) is 100 Å². The summed E-state index contributed by atoms with van der Waals surface area (Å²) in [5.74, 6) is 0.887. The first kappa shape index (κ1) is 38.0. The minimum Gasteiger partial charge on any atom is -0.382 e. The first-order valence-corrected chi connectivity index (χ1v) is 19.5. The molecule has 0 aliphatic rings. The van der Waals surface area contributed by atoms with Gasteiger partial charge in [-0.05, 0) is 23.3 Å². The summed E-state index contributed by atoms with van der Waals surface area (Å²) in [6.45, 7) is 4.57. The molecule has 0 amide bonds. The Kier molecular flexibility index (Phi) is 11.1. The number of ether oxygens (including phenoxy) is 2. The van der Waals surface area contributed by atoms with Crippen molar-refractivity contribution in [1.82, 2.24) is 59.1 Å². The summed E-state index contributed by atoms with van der Waals surface area (Å²) in [6.07, 6.45) is 7.24. The van der Waals surface area contributed by atoms with Crippen molar-refractivity contribution < 1.29 is 9.47 Å². The quantitative estimate of drug-likeness (QED) is 0.121. The average Bonchev–Trinajstić information content (AvgIpc) is 4.11. The fourth-order valence-corrected chi connectivity index (χ4v) is 7.16. The molecule has 0 unspecified atom stereocenters. The van der Waals surface area contributed by atoms with E-state index in [9.17, 15) is 0 Å². The summed E-state index contributed by atoms with van der Waals surface area (Å²) in [7, 11) is 0. The van der Waals surface area contributed by atoms with Crippen LogP contribution in [0.25, 0.3) is 43.9 Å². The van der Waals surface area contributed by atoms with Crippen LogP contribution in [0.3, 0.4) is 0 Å². The highest BCUT2D eigenvalue weighted by molar-refractivity contribution is 6.07. The fourth-order valence-electron chi connectivity index (χ4n) is 7.16. The van der Waals surface area contributed by atoms with Crippen LogP contribution >= 0.6 is 0 Å². The lowest BCUT2D eigenvalue weighted by molar-refractivity contribution is 0.108. The molecule has 10 aromatic rings. The molecule has 4 aromatic carbocycles. The average molecular weight is 799 g/mol. The van der Waals surface area contributed by atoms with Crippen LogP contribution in [0.2, 0.25) is 0 Å². The highest BCUT2D eigenvalue weighted by Crippen LogP contribution is 2.28. The van der Waals surface area contributed by atoms with E-state index in [2.05, 4.69) is 74.0 Å². The second-order valence-electron chi connectivity index (χ2n) is 14.2. The number of para-hydroxylation sites is 2. The van der Waals surface area contributed by atoms with Crippen molar-refractivity contribution in [2.45, 2.75) is 39.4 Å². The molecular weight excluding hydrogens is 757 g/mol. The number of pyridine rings is 2. The van der Waals surface area contributed by atoms with Gasteiger partial charge in [0.05, 0.1) is 92.3 Å². The third-order valence-electron chi connectivity index (χ3n) is 10.1. The summed E-state index contributed by atoms with van der Waals surface area (Å²) in [4.78, 5) is 17.8. The standard InChI is InChI=1S/2C22H21N7O/c23-22-20-21(18-8-4-5-9-19(18)26-22)28(15-24-20)10-11-30-14-17-12-25-27-29(17)13-16-6-2-1-3-7-16;23-22-20-21(18-8-4-5-9-19(18)25-22)28(15-24-20)10-11-30-14-17-13-29(27-26-17)12-16-6-2-1-3-7-16/h1-9,12,15H,10-11,13-14H2,(H2,23,26);1-9,13,15H,10-12,14H2,(H2,23,25). The van der Waals surface area contributed by atoms with Crippen molar-refractivity contribution >= 4 is 55.5 Å². The van der Waals surface area contributed by atoms with E-state index < -0.39 is 0 Å². The van der Waals surface area contributed by atoms with E-state index in [4.69, 9.17) is 20.9 Å². The van der Waals surface area contributed by atoms with Crippen molar-refractivity contribution in [3.63, 3.8) is 0 Å². The number of nitrogens with two attached hydrogens (primary N) is 2. The first-order chi connectivity index (χ1) is 29.6. The van der Waals surface area contributed by atoms with E-state index in [-0.39, 0.29) is 0 Å². The molecule has 16 heteroatoms. The number of rotatable bonds is 14. The Morgan fingerprint density at radius 2 is 1.10 bits per heavy atom. The summed E-state index contributed by atoms with van der Waals surface area (Å²) in [6, 6.07) is 36.2. The van der Waals surface area contributed by atoms with Gasteiger partial charge in [-0.1, -0.05) is 107 Å². The van der Waals surface area contributed by atoms with Gasteiger partial charge in [-0.2, -0.15) is 0 Å². The van der Waals surface area contributed by atoms with Crippen LogP contribution in [-0.4, -0.2) is 72.3 Å². The van der Waals surface area contributed by atoms with Crippen molar-refractivity contribution in [2.24, 2.45) is 0 Å². The SMILES string of the molecule is Nc1nc2ccccc2c2c1ncn2CCOCc1cn(Cc2ccccc2)nn1.Nc1nc2ccccc2c2c1ncn2CCOCc1cnnn1Cc1ccccc1. The molecular formula is C44H42N14O2. The zero-order valence-electron chi connectivity index (χ0n) is 32.7. The van der Waals surface area contributed by atoms with E-state index in [0.29, 0.717) is 64.2 Å². The van der Waals surface area contributed by atoms with Crippen molar-refractivity contribution in [3.05, 3.63) is 157 Å². The molecule has 0 saturated carbocycles. The number of benzene rings is 4. The van der Waals surface area contributed by atoms with Gasteiger partial charge in [-0.15, -0.1) is 10.2 Å². The Balaban J connectivity index is 0.000000154. The third-order valence-corrected chi connectivity index (χ3v) is 10.1. The fraction of sp³-hybridized carbons (Fsp3) is 0.182. The number of nitrogens with zero attached hydrogens (tertiary/aromatic N) is 12. The maximum atomic E-state index is 6.10. The van der Waals surface area contributed by atoms with Gasteiger partial charge in [0.2, 0.25) is 0 Å². The highest BCUT2D eigenvalue weighted by Gasteiger charge is 2.14. The van der Waals surface area contributed by atoms with Crippen LogP contribution in [0.4, 0.5) is 11.6 Å². The van der Waals surface area contributed by atoms with Gasteiger partial charge in [0.15, 0.2) is 11.6 Å². The largest absolute Gasteiger partial charge is 0.382 e. The molecule has 0 aliphatic heterocycles. The van der Waals surface area contributed by atoms with Gasteiger partial charge in [-0.25, -0.2) is 29.3 Å². The maximum absolute atomic E-state index is 6.10. The second kappa shape index (κ2) is 17.5. The third kappa shape index (κ3) is 8.36. The molecule has 60 heavy (non-hydrogen) atoms. The second-order valence-corrected chi connectivity index (χ2v) is 14.2. The van der Waals surface area contributed by atoms with Crippen molar-refractivity contribution in [2.75, 3.05) is 24.7 Å². The molecule has 6 heterocycles. The van der Waals surface area contributed by atoms with Crippen LogP contribution in [0.15, 0.2) is 134 Å². The Bertz CT molecular complexity index is 2990. The lowest BCUT2D eigenvalue weighted by Gasteiger charge is -2.09. The summed E-state index contributed by atoms with van der Waals surface area (Å²) < 4.78 is 19.6. The summed E-state index contributed by atoms with van der Waals surface area (Å²) in [5.41, 5.74) is 21.4. The lowest BCUT2D eigenvalue weighted by atomic mass is 10.2. The number of hydrogen-bond donors (Lipinski definition) is 2. The molecule has 0 radical (unpaired) electrons. The number of aromatic nitrogens is 12. The van der Waals surface area contributed by atoms with Gasteiger partial charge >= 0.3 is 0 Å². The van der Waals surface area contributed by atoms with Gasteiger partial charge < -0.3 is 30.1 Å². The number of imidazole rings is 2. The highest BCUT2D eigenvalue weighted by atomic mass is 16.5. The van der Waals surface area contributed by atoms with Gasteiger partial charge in [0.25, 0.3) is 0 Å². The molecule has 0 bridgehead atoms. The van der Waals surface area contributed by atoms with Crippen LogP contribution in [0.1, 0.15) is 22.5 Å². The van der Waals surface area contributed by atoms with Gasteiger partial charge in [0.1, 0.15) is 16.7 Å². The topological polar surface area (TPSA) is 193 Å². The minimum absolute atomic E-state index is 0.409. The van der Waals surface area contributed by atoms with E-state index in [0.717, 1.165) is 55.3 Å². The maximum Gasteiger partial charge on any atom is 0.152 e. The number of fused-ring (bicyclic) bond motifs is 6. The zero-order valence-corrected chi connectivity index (χ0v) is 32.7. The smallest absolute Gasteiger partial charge is 0.152 e. The predicted molar refractivity (Wildman–Crippen MR) is 229 cm³/mol. The molecule has 16 nitrogen and oxygen atoms in total. The van der Waals surface area contributed by atoms with Crippen LogP contribution in [0.5, 0.6) is 0 Å². The molecule has 6 aromatic heterocycles. The predicted octanol–water partition coefficient (Wildman–Crippen LogP) is 6.05. The molecule has 0 atom stereocenters. The number of nitrogen functional groups attached to an aromatic ring is 2. The van der Waals surface area contributed by atoms with Gasteiger partial charge in [0, 0.05) is 23.9 Å². The first-order valence-electron chi connectivity index (χ1n) is 19.5. The normalized spacial score (nSPS) is 11.5. The molecule has 300 valence electrons. The van der Waals surface area contributed by atoms with Gasteiger partial charge in [-0.3, -0.25) is 0 Å². The molecule has 0 saturated heterocycles. The summed E-state index contributed by atoms with van der Waals surface area (Å²) in [5, 5.41) is 18.6. The Morgan fingerprint density at radius 3 is 1.70 bits per heavy atom. The Hall–Kier alpha value is -7.56. The molecule has 0 aliphatic carbocycles. The number of anilines is 2. The Morgan fingerprint density at radius 1 is 0.567 bits per heavy atom. The zero-order chi connectivity index (χ0) is 40.7. The molecule has 0 fully saturated rings. The molecule has 10 rings (SSSR count). The van der Waals surface area contributed by atoms with Crippen LogP contribution < -0.4 is 11.5 Å². The molecule has 0 spiro atoms. The Labute approximate surface area is 344 Å². The van der Waals surface area contributed by atoms with E-state index in [1.165, 1.54) is 11.1 Å². The minimum atomic E-state index is 0.409. The van der Waals surface area contributed by atoms with E-state index >= 15 is 0 Å². The lowest BCUT2D eigenvalue weighted by Crippen LogP contribution is -2.10. The van der Waals surface area contributed by atoms with E-state index in [1.54, 1.807) is 18.9 Å². The number of hydrogen-bond acceptors (Lipinski definition) is 12. The van der Waals surface area contributed by atoms with Crippen molar-refractivity contribution in [3.8, 4) is 0 Å². The van der Waals surface area contributed by atoms with Crippen LogP contribution in [-0.2, 0) is 48.9 Å². The molecule has 4 N–H and O–H groups in total.